The Morgan fingerprint density at radius 1 is 1.29 bits per heavy atom. The number of hydrogen-bond acceptors (Lipinski definition) is 4. The summed E-state index contributed by atoms with van der Waals surface area (Å²) in [6.07, 6.45) is -1.52. The van der Waals surface area contributed by atoms with Crippen molar-refractivity contribution in [2.24, 2.45) is 5.73 Å². The van der Waals surface area contributed by atoms with Crippen LogP contribution in [0.15, 0.2) is 18.2 Å². The number of ether oxygens (including phenoxy) is 2. The lowest BCUT2D eigenvalue weighted by atomic mass is 9.98. The molecule has 0 radical (unpaired) electrons. The van der Waals surface area contributed by atoms with Gasteiger partial charge in [0.2, 0.25) is 5.91 Å². The third-order valence-electron chi connectivity index (χ3n) is 3.76. The molecule has 1 aliphatic rings. The standard InChI is InChI=1S/C15H19F3N2O3.ClH/c1-22-11-5-4-10(8-12(11)23-9-15(16,17)18)20-13(21)14(19)6-2-3-7-14;/h4-5,8H,2-3,6-7,9,19H2,1H3,(H,20,21);1H. The van der Waals surface area contributed by atoms with E-state index in [1.165, 1.54) is 25.3 Å². The largest absolute Gasteiger partial charge is 0.493 e. The fraction of sp³-hybridized carbons (Fsp3) is 0.533. The van der Waals surface area contributed by atoms with E-state index < -0.39 is 18.3 Å². The van der Waals surface area contributed by atoms with Gasteiger partial charge in [-0.3, -0.25) is 4.79 Å². The van der Waals surface area contributed by atoms with Crippen molar-refractivity contribution in [1.82, 2.24) is 0 Å². The topological polar surface area (TPSA) is 73.6 Å². The molecule has 0 saturated heterocycles. The van der Waals surface area contributed by atoms with Crippen LogP contribution < -0.4 is 20.5 Å². The fourth-order valence-electron chi connectivity index (χ4n) is 2.52. The zero-order chi connectivity index (χ0) is 17.1. The van der Waals surface area contributed by atoms with Crippen LogP contribution in [0, 0.1) is 0 Å². The van der Waals surface area contributed by atoms with Crippen molar-refractivity contribution in [2.75, 3.05) is 19.0 Å². The lowest BCUT2D eigenvalue weighted by Gasteiger charge is -2.22. The van der Waals surface area contributed by atoms with Crippen molar-refractivity contribution >= 4 is 24.0 Å². The number of nitrogens with one attached hydrogen (secondary N) is 1. The smallest absolute Gasteiger partial charge is 0.422 e. The first-order valence-corrected chi connectivity index (χ1v) is 7.21. The number of benzene rings is 1. The van der Waals surface area contributed by atoms with Crippen molar-refractivity contribution in [3.05, 3.63) is 18.2 Å². The Labute approximate surface area is 144 Å². The van der Waals surface area contributed by atoms with Crippen LogP contribution in [0.1, 0.15) is 25.7 Å². The van der Waals surface area contributed by atoms with Crippen LogP contribution in [-0.4, -0.2) is 31.3 Å². The monoisotopic (exact) mass is 368 g/mol. The van der Waals surface area contributed by atoms with Gasteiger partial charge in [-0.1, -0.05) is 12.8 Å². The van der Waals surface area contributed by atoms with Crippen molar-refractivity contribution in [1.29, 1.82) is 0 Å². The van der Waals surface area contributed by atoms with Crippen LogP contribution in [0.4, 0.5) is 18.9 Å². The quantitative estimate of drug-likeness (QED) is 0.836. The molecule has 9 heteroatoms. The average Bonchev–Trinajstić information content (AvgIpc) is 2.93. The molecule has 0 aromatic heterocycles. The number of alkyl halides is 3. The number of carbonyl (C=O) groups is 1. The van der Waals surface area contributed by atoms with Gasteiger partial charge < -0.3 is 20.5 Å². The van der Waals surface area contributed by atoms with E-state index in [-0.39, 0.29) is 29.8 Å². The predicted molar refractivity (Wildman–Crippen MR) is 85.8 cm³/mol. The lowest BCUT2D eigenvalue weighted by molar-refractivity contribution is -0.153. The SMILES string of the molecule is COc1ccc(NC(=O)C2(N)CCCC2)cc1OCC(F)(F)F.Cl. The molecule has 1 saturated carbocycles. The molecule has 0 bridgehead atoms. The molecule has 2 rings (SSSR count). The average molecular weight is 369 g/mol. The van der Waals surface area contributed by atoms with Gasteiger partial charge in [-0.05, 0) is 25.0 Å². The molecule has 1 aromatic carbocycles. The van der Waals surface area contributed by atoms with Gasteiger partial charge in [-0.25, -0.2) is 0 Å². The molecule has 1 amide bonds. The number of nitrogens with two attached hydrogens (primary N) is 1. The zero-order valence-corrected chi connectivity index (χ0v) is 13.9. The molecule has 1 aliphatic carbocycles. The van der Waals surface area contributed by atoms with Crippen LogP contribution in [0.25, 0.3) is 0 Å². The Kier molecular flexibility index (Phi) is 6.74. The zero-order valence-electron chi connectivity index (χ0n) is 13.1. The Hall–Kier alpha value is -1.67. The first-order valence-electron chi connectivity index (χ1n) is 7.21. The summed E-state index contributed by atoms with van der Waals surface area (Å²) in [4.78, 5) is 12.2. The maximum Gasteiger partial charge on any atom is 0.422 e. The summed E-state index contributed by atoms with van der Waals surface area (Å²) >= 11 is 0. The summed E-state index contributed by atoms with van der Waals surface area (Å²) in [5.41, 5.74) is 5.43. The molecule has 1 aromatic rings. The third-order valence-corrected chi connectivity index (χ3v) is 3.76. The molecule has 5 nitrogen and oxygen atoms in total. The number of methoxy groups -OCH3 is 1. The normalized spacial score (nSPS) is 16.2. The maximum atomic E-state index is 12.3. The van der Waals surface area contributed by atoms with Gasteiger partial charge in [-0.2, -0.15) is 13.2 Å². The van der Waals surface area contributed by atoms with E-state index in [1.54, 1.807) is 0 Å². The highest BCUT2D eigenvalue weighted by Crippen LogP contribution is 2.33. The van der Waals surface area contributed by atoms with Gasteiger partial charge in [0.1, 0.15) is 0 Å². The van der Waals surface area contributed by atoms with E-state index in [2.05, 4.69) is 5.32 Å². The highest BCUT2D eigenvalue weighted by molar-refractivity contribution is 5.98. The highest BCUT2D eigenvalue weighted by atomic mass is 35.5. The van der Waals surface area contributed by atoms with Gasteiger partial charge in [0.05, 0.1) is 12.6 Å². The number of halogens is 4. The molecule has 1 fully saturated rings. The van der Waals surface area contributed by atoms with Crippen molar-refractivity contribution in [3.63, 3.8) is 0 Å². The molecule has 3 N–H and O–H groups in total. The van der Waals surface area contributed by atoms with E-state index in [4.69, 9.17) is 15.2 Å². The van der Waals surface area contributed by atoms with Gasteiger partial charge in [-0.15, -0.1) is 12.4 Å². The Morgan fingerprint density at radius 3 is 2.46 bits per heavy atom. The minimum Gasteiger partial charge on any atom is -0.493 e. The molecule has 0 spiro atoms. The molecular formula is C15H20ClF3N2O3. The summed E-state index contributed by atoms with van der Waals surface area (Å²) in [6.45, 7) is -1.44. The first kappa shape index (κ1) is 20.4. The minimum absolute atomic E-state index is 0. The number of hydrogen-bond donors (Lipinski definition) is 2. The predicted octanol–water partition coefficient (Wildman–Crippen LogP) is 3.27. The van der Waals surface area contributed by atoms with Gasteiger partial charge in [0, 0.05) is 11.8 Å². The van der Waals surface area contributed by atoms with Gasteiger partial charge >= 0.3 is 6.18 Å². The molecule has 0 aliphatic heterocycles. The summed E-state index contributed by atoms with van der Waals surface area (Å²) in [6, 6.07) is 4.25. The Balaban J connectivity index is 0.00000288. The second-order valence-electron chi connectivity index (χ2n) is 5.59. The Bertz CT molecular complexity index is 576. The van der Waals surface area contributed by atoms with Gasteiger partial charge in [0.25, 0.3) is 0 Å². The van der Waals surface area contributed by atoms with E-state index in [1.807, 2.05) is 0 Å². The number of carbonyl (C=O) groups excluding carboxylic acids is 1. The van der Waals surface area contributed by atoms with E-state index in [0.29, 0.717) is 18.5 Å². The Morgan fingerprint density at radius 2 is 1.92 bits per heavy atom. The lowest BCUT2D eigenvalue weighted by Crippen LogP contribution is -2.48. The fourth-order valence-corrected chi connectivity index (χ4v) is 2.52. The second-order valence-corrected chi connectivity index (χ2v) is 5.59. The van der Waals surface area contributed by atoms with Crippen LogP contribution in [0.2, 0.25) is 0 Å². The summed E-state index contributed by atoms with van der Waals surface area (Å²) in [5.74, 6) is -0.294. The number of anilines is 1. The molecule has 0 unspecified atom stereocenters. The third kappa shape index (κ3) is 5.17. The van der Waals surface area contributed by atoms with E-state index in [0.717, 1.165) is 12.8 Å². The van der Waals surface area contributed by atoms with Crippen LogP contribution in [-0.2, 0) is 4.79 Å². The van der Waals surface area contributed by atoms with Crippen molar-refractivity contribution in [3.8, 4) is 11.5 Å². The molecule has 0 atom stereocenters. The molecule has 0 heterocycles. The van der Waals surface area contributed by atoms with Crippen molar-refractivity contribution < 1.29 is 27.4 Å². The molecule has 136 valence electrons. The van der Waals surface area contributed by atoms with Crippen LogP contribution in [0.5, 0.6) is 11.5 Å². The van der Waals surface area contributed by atoms with Gasteiger partial charge in [0.15, 0.2) is 18.1 Å². The van der Waals surface area contributed by atoms with E-state index in [9.17, 15) is 18.0 Å². The van der Waals surface area contributed by atoms with Crippen LogP contribution in [0.3, 0.4) is 0 Å². The summed E-state index contributed by atoms with van der Waals surface area (Å²) in [7, 11) is 1.32. The highest BCUT2D eigenvalue weighted by Gasteiger charge is 2.37. The number of rotatable bonds is 5. The van der Waals surface area contributed by atoms with Crippen molar-refractivity contribution in [2.45, 2.75) is 37.4 Å². The van der Waals surface area contributed by atoms with Crippen LogP contribution >= 0.6 is 12.4 Å². The molecule has 24 heavy (non-hydrogen) atoms. The van der Waals surface area contributed by atoms with E-state index >= 15 is 0 Å². The minimum atomic E-state index is -4.46. The number of amides is 1. The first-order chi connectivity index (χ1) is 10.7. The summed E-state index contributed by atoms with van der Waals surface area (Å²) in [5, 5.41) is 2.63. The second kappa shape index (κ2) is 7.94. The molecular weight excluding hydrogens is 349 g/mol. The summed E-state index contributed by atoms with van der Waals surface area (Å²) < 4.78 is 46.6. The maximum absolute atomic E-state index is 12.3.